The molecule has 0 aliphatic carbocycles. The summed E-state index contributed by atoms with van der Waals surface area (Å²) < 4.78 is 18.9. The van der Waals surface area contributed by atoms with Crippen molar-refractivity contribution in [2.24, 2.45) is 5.73 Å². The SMILES string of the molecule is Cl.N[C@@H](CC(=O)N1CCCOc2cc(F)ccc21)c1ccccc1. The Labute approximate surface area is 146 Å². The van der Waals surface area contributed by atoms with E-state index in [1.807, 2.05) is 30.3 Å². The van der Waals surface area contributed by atoms with Crippen LogP contribution in [0, 0.1) is 5.82 Å². The van der Waals surface area contributed by atoms with Gasteiger partial charge in [0.05, 0.1) is 12.3 Å². The molecule has 4 nitrogen and oxygen atoms in total. The number of fused-ring (bicyclic) bond motifs is 1. The van der Waals surface area contributed by atoms with E-state index in [9.17, 15) is 9.18 Å². The molecule has 1 atom stereocenters. The lowest BCUT2D eigenvalue weighted by molar-refractivity contribution is -0.119. The molecule has 0 unspecified atom stereocenters. The second-order valence-corrected chi connectivity index (χ2v) is 5.58. The van der Waals surface area contributed by atoms with Crippen LogP contribution in [0.25, 0.3) is 0 Å². The fraction of sp³-hybridized carbons (Fsp3) is 0.278. The van der Waals surface area contributed by atoms with Crippen molar-refractivity contribution < 1.29 is 13.9 Å². The van der Waals surface area contributed by atoms with Crippen LogP contribution in [0.3, 0.4) is 0 Å². The Kier molecular flexibility index (Phi) is 6.17. The first-order valence-corrected chi connectivity index (χ1v) is 7.68. The molecule has 0 fully saturated rings. The van der Waals surface area contributed by atoms with Crippen LogP contribution in [0.2, 0.25) is 0 Å². The number of nitrogens with zero attached hydrogens (tertiary/aromatic N) is 1. The lowest BCUT2D eigenvalue weighted by Gasteiger charge is -2.23. The average Bonchev–Trinajstić information content (AvgIpc) is 2.77. The standard InChI is InChI=1S/C18H19FN2O2.ClH/c19-14-7-8-16-17(11-14)23-10-4-9-21(16)18(22)12-15(20)13-5-2-1-3-6-13;/h1-3,5-8,11,15H,4,9-10,12,20H2;1H/t15-;/m0./s1. The third kappa shape index (κ3) is 4.04. The van der Waals surface area contributed by atoms with Crippen LogP contribution < -0.4 is 15.4 Å². The summed E-state index contributed by atoms with van der Waals surface area (Å²) >= 11 is 0. The van der Waals surface area contributed by atoms with Gasteiger partial charge >= 0.3 is 0 Å². The van der Waals surface area contributed by atoms with Crippen molar-refractivity contribution >= 4 is 24.0 Å². The lowest BCUT2D eigenvalue weighted by Crippen LogP contribution is -2.33. The zero-order chi connectivity index (χ0) is 16.2. The fourth-order valence-corrected chi connectivity index (χ4v) is 2.73. The van der Waals surface area contributed by atoms with Gasteiger partial charge in [0.25, 0.3) is 0 Å². The van der Waals surface area contributed by atoms with E-state index in [2.05, 4.69) is 0 Å². The van der Waals surface area contributed by atoms with Crippen LogP contribution in [0.1, 0.15) is 24.4 Å². The smallest absolute Gasteiger partial charge is 0.229 e. The van der Waals surface area contributed by atoms with Gasteiger partial charge in [-0.15, -0.1) is 12.4 Å². The summed E-state index contributed by atoms with van der Waals surface area (Å²) in [5.74, 6) is -0.0529. The molecular formula is C18H20ClFN2O2. The van der Waals surface area contributed by atoms with Crippen LogP contribution in [0.15, 0.2) is 48.5 Å². The van der Waals surface area contributed by atoms with Gasteiger partial charge in [-0.3, -0.25) is 4.79 Å². The monoisotopic (exact) mass is 350 g/mol. The number of ether oxygens (including phenoxy) is 1. The second-order valence-electron chi connectivity index (χ2n) is 5.58. The molecule has 2 aromatic rings. The highest BCUT2D eigenvalue weighted by atomic mass is 35.5. The minimum atomic E-state index is -0.376. The Morgan fingerprint density at radius 3 is 2.75 bits per heavy atom. The molecule has 0 saturated carbocycles. The number of amides is 1. The minimum absolute atomic E-state index is 0. The molecule has 1 amide bonds. The van der Waals surface area contributed by atoms with Crippen molar-refractivity contribution in [1.29, 1.82) is 0 Å². The lowest BCUT2D eigenvalue weighted by atomic mass is 10.0. The van der Waals surface area contributed by atoms with E-state index in [-0.39, 0.29) is 36.6 Å². The number of anilines is 1. The van der Waals surface area contributed by atoms with Crippen LogP contribution >= 0.6 is 12.4 Å². The van der Waals surface area contributed by atoms with Gasteiger partial charge < -0.3 is 15.4 Å². The molecule has 0 aromatic heterocycles. The summed E-state index contributed by atoms with van der Waals surface area (Å²) in [5.41, 5.74) is 7.68. The Morgan fingerprint density at radius 1 is 1.25 bits per heavy atom. The minimum Gasteiger partial charge on any atom is -0.491 e. The Morgan fingerprint density at radius 2 is 2.00 bits per heavy atom. The summed E-state index contributed by atoms with van der Waals surface area (Å²) in [6.07, 6.45) is 0.892. The van der Waals surface area contributed by atoms with Gasteiger partial charge in [-0.25, -0.2) is 4.39 Å². The molecule has 24 heavy (non-hydrogen) atoms. The first-order chi connectivity index (χ1) is 11.1. The van der Waals surface area contributed by atoms with Crippen molar-refractivity contribution in [3.8, 4) is 5.75 Å². The van der Waals surface area contributed by atoms with Gasteiger partial charge in [0.2, 0.25) is 5.91 Å². The number of rotatable bonds is 3. The Hall–Kier alpha value is -2.11. The number of halogens is 2. The highest BCUT2D eigenvalue weighted by Gasteiger charge is 2.24. The van der Waals surface area contributed by atoms with E-state index in [0.29, 0.717) is 31.0 Å². The van der Waals surface area contributed by atoms with Crippen molar-refractivity contribution in [2.75, 3.05) is 18.1 Å². The van der Waals surface area contributed by atoms with Gasteiger partial charge in [-0.05, 0) is 24.1 Å². The molecule has 2 N–H and O–H groups in total. The van der Waals surface area contributed by atoms with Crippen molar-refractivity contribution in [1.82, 2.24) is 0 Å². The van der Waals surface area contributed by atoms with E-state index < -0.39 is 0 Å². The first kappa shape index (κ1) is 18.2. The summed E-state index contributed by atoms with van der Waals surface area (Å²) in [5, 5.41) is 0. The van der Waals surface area contributed by atoms with Crippen LogP contribution in [-0.4, -0.2) is 19.1 Å². The molecule has 1 heterocycles. The van der Waals surface area contributed by atoms with Gasteiger partial charge in [0, 0.05) is 25.1 Å². The topological polar surface area (TPSA) is 55.6 Å². The number of nitrogens with two attached hydrogens (primary N) is 1. The molecular weight excluding hydrogens is 331 g/mol. The van der Waals surface area contributed by atoms with Gasteiger partial charge in [-0.1, -0.05) is 30.3 Å². The first-order valence-electron chi connectivity index (χ1n) is 7.68. The van der Waals surface area contributed by atoms with Crippen molar-refractivity contribution in [3.63, 3.8) is 0 Å². The highest BCUT2D eigenvalue weighted by Crippen LogP contribution is 2.32. The predicted octanol–water partition coefficient (Wildman–Crippen LogP) is 3.45. The Bertz CT molecular complexity index is 697. The fourth-order valence-electron chi connectivity index (χ4n) is 2.73. The molecule has 3 rings (SSSR count). The zero-order valence-electron chi connectivity index (χ0n) is 13.2. The van der Waals surface area contributed by atoms with Crippen molar-refractivity contribution in [3.05, 3.63) is 59.9 Å². The maximum absolute atomic E-state index is 13.4. The molecule has 1 aliphatic rings. The molecule has 0 saturated heterocycles. The molecule has 128 valence electrons. The number of carbonyl (C=O) groups is 1. The highest BCUT2D eigenvalue weighted by molar-refractivity contribution is 5.95. The molecule has 1 aliphatic heterocycles. The molecule has 6 heteroatoms. The summed E-state index contributed by atoms with van der Waals surface area (Å²) in [7, 11) is 0. The summed E-state index contributed by atoms with van der Waals surface area (Å²) in [6, 6.07) is 13.4. The van der Waals surface area contributed by atoms with Gasteiger partial charge in [0.15, 0.2) is 0 Å². The second kappa shape index (κ2) is 8.13. The molecule has 0 radical (unpaired) electrons. The maximum Gasteiger partial charge on any atom is 0.229 e. The zero-order valence-corrected chi connectivity index (χ0v) is 14.0. The van der Waals surface area contributed by atoms with E-state index in [0.717, 1.165) is 5.56 Å². The van der Waals surface area contributed by atoms with Crippen LogP contribution in [0.4, 0.5) is 10.1 Å². The molecule has 0 bridgehead atoms. The summed E-state index contributed by atoms with van der Waals surface area (Å²) in [4.78, 5) is 14.3. The maximum atomic E-state index is 13.4. The quantitative estimate of drug-likeness (QED) is 0.922. The van der Waals surface area contributed by atoms with Gasteiger partial charge in [-0.2, -0.15) is 0 Å². The molecule has 0 spiro atoms. The third-order valence-electron chi connectivity index (χ3n) is 3.92. The van der Waals surface area contributed by atoms with E-state index in [1.54, 1.807) is 11.0 Å². The number of carbonyl (C=O) groups excluding carboxylic acids is 1. The number of hydrogen-bond acceptors (Lipinski definition) is 3. The van der Waals surface area contributed by atoms with Crippen LogP contribution in [-0.2, 0) is 4.79 Å². The van der Waals surface area contributed by atoms with Crippen LogP contribution in [0.5, 0.6) is 5.75 Å². The van der Waals surface area contributed by atoms with Gasteiger partial charge in [0.1, 0.15) is 11.6 Å². The van der Waals surface area contributed by atoms with E-state index in [4.69, 9.17) is 10.5 Å². The largest absolute Gasteiger partial charge is 0.491 e. The molecule has 2 aromatic carbocycles. The number of benzene rings is 2. The average molecular weight is 351 g/mol. The number of hydrogen-bond donors (Lipinski definition) is 1. The third-order valence-corrected chi connectivity index (χ3v) is 3.92. The normalized spacial score (nSPS) is 14.7. The van der Waals surface area contributed by atoms with Crippen molar-refractivity contribution in [2.45, 2.75) is 18.9 Å². The van der Waals surface area contributed by atoms with E-state index >= 15 is 0 Å². The Balaban J connectivity index is 0.00000208. The predicted molar refractivity (Wildman–Crippen MR) is 94.1 cm³/mol. The van der Waals surface area contributed by atoms with E-state index in [1.165, 1.54) is 12.1 Å². The summed E-state index contributed by atoms with van der Waals surface area (Å²) in [6.45, 7) is 1.00.